The van der Waals surface area contributed by atoms with E-state index in [1.165, 1.54) is 0 Å². The Labute approximate surface area is 174 Å². The number of anilines is 1. The smallest absolute Gasteiger partial charge is 0.256 e. The summed E-state index contributed by atoms with van der Waals surface area (Å²) in [6.45, 7) is 1.92. The Morgan fingerprint density at radius 2 is 1.76 bits per heavy atom. The van der Waals surface area contributed by atoms with E-state index in [4.69, 9.17) is 21.3 Å². The Morgan fingerprint density at radius 3 is 2.52 bits per heavy atom. The summed E-state index contributed by atoms with van der Waals surface area (Å²) in [5, 5.41) is 4.45. The summed E-state index contributed by atoms with van der Waals surface area (Å²) in [5.41, 5.74) is 4.51. The number of carbonyl (C=O) groups excluding carboxylic acids is 1. The van der Waals surface area contributed by atoms with Gasteiger partial charge in [0.25, 0.3) is 5.91 Å². The normalized spacial score (nSPS) is 10.7. The number of hydrogen-bond acceptors (Lipinski definition) is 3. The van der Waals surface area contributed by atoms with Crippen LogP contribution in [0.25, 0.3) is 22.2 Å². The minimum Gasteiger partial charge on any atom is -0.497 e. The van der Waals surface area contributed by atoms with Crippen LogP contribution >= 0.6 is 11.6 Å². The van der Waals surface area contributed by atoms with Crippen LogP contribution in [0, 0.1) is 6.92 Å². The zero-order chi connectivity index (χ0) is 20.4. The third kappa shape index (κ3) is 3.80. The van der Waals surface area contributed by atoms with Crippen molar-refractivity contribution in [3.63, 3.8) is 0 Å². The SMILES string of the molecule is COc1cccc(NC(=O)c2c(C)c(-c3ccc(Cl)cc3)nc3ccccc23)c1. The highest BCUT2D eigenvalue weighted by Crippen LogP contribution is 2.31. The zero-order valence-electron chi connectivity index (χ0n) is 16.1. The second kappa shape index (κ2) is 7.94. The summed E-state index contributed by atoms with van der Waals surface area (Å²) in [4.78, 5) is 18.1. The molecule has 1 aromatic heterocycles. The molecular formula is C24H19ClN2O2. The number of hydrogen-bond donors (Lipinski definition) is 1. The monoisotopic (exact) mass is 402 g/mol. The van der Waals surface area contributed by atoms with Crippen LogP contribution in [0.3, 0.4) is 0 Å². The lowest BCUT2D eigenvalue weighted by atomic mass is 9.97. The van der Waals surface area contributed by atoms with Gasteiger partial charge in [0.1, 0.15) is 5.75 Å². The van der Waals surface area contributed by atoms with Crippen molar-refractivity contribution < 1.29 is 9.53 Å². The summed E-state index contributed by atoms with van der Waals surface area (Å²) >= 11 is 6.04. The minimum absolute atomic E-state index is 0.190. The number of pyridine rings is 1. The number of para-hydroxylation sites is 1. The second-order valence-corrected chi connectivity index (χ2v) is 7.11. The molecule has 3 aromatic carbocycles. The minimum atomic E-state index is -0.190. The van der Waals surface area contributed by atoms with E-state index in [1.54, 1.807) is 13.2 Å². The molecule has 1 amide bonds. The number of carbonyl (C=O) groups is 1. The topological polar surface area (TPSA) is 51.2 Å². The van der Waals surface area contributed by atoms with Crippen LogP contribution in [0.15, 0.2) is 72.8 Å². The standard InChI is InChI=1S/C24H19ClN2O2/c1-15-22(24(28)26-18-6-5-7-19(14-18)29-2)20-8-3-4-9-21(20)27-23(15)16-10-12-17(25)13-11-16/h3-14H,1-2H3,(H,26,28). The molecule has 144 valence electrons. The molecule has 1 heterocycles. The van der Waals surface area contributed by atoms with Gasteiger partial charge in [0.15, 0.2) is 0 Å². The molecule has 4 nitrogen and oxygen atoms in total. The average Bonchev–Trinajstić information content (AvgIpc) is 2.74. The first-order valence-corrected chi connectivity index (χ1v) is 9.55. The summed E-state index contributed by atoms with van der Waals surface area (Å²) in [6.07, 6.45) is 0. The van der Waals surface area contributed by atoms with Crippen LogP contribution in [0.5, 0.6) is 5.75 Å². The van der Waals surface area contributed by atoms with Crippen molar-refractivity contribution in [3.05, 3.63) is 88.9 Å². The average molecular weight is 403 g/mol. The van der Waals surface area contributed by atoms with Crippen molar-refractivity contribution in [2.45, 2.75) is 6.92 Å². The van der Waals surface area contributed by atoms with Crippen molar-refractivity contribution in [3.8, 4) is 17.0 Å². The molecular weight excluding hydrogens is 384 g/mol. The van der Waals surface area contributed by atoms with Gasteiger partial charge >= 0.3 is 0 Å². The number of ether oxygens (including phenoxy) is 1. The molecule has 0 aliphatic heterocycles. The fourth-order valence-corrected chi connectivity index (χ4v) is 3.51. The van der Waals surface area contributed by atoms with E-state index in [-0.39, 0.29) is 5.91 Å². The molecule has 0 radical (unpaired) electrons. The van der Waals surface area contributed by atoms with Crippen molar-refractivity contribution in [2.75, 3.05) is 12.4 Å². The van der Waals surface area contributed by atoms with Crippen LogP contribution < -0.4 is 10.1 Å². The molecule has 0 saturated carbocycles. The number of nitrogens with zero attached hydrogens (tertiary/aromatic N) is 1. The lowest BCUT2D eigenvalue weighted by molar-refractivity contribution is 0.102. The molecule has 1 N–H and O–H groups in total. The van der Waals surface area contributed by atoms with E-state index in [1.807, 2.05) is 73.7 Å². The fraction of sp³-hybridized carbons (Fsp3) is 0.0833. The third-order valence-corrected chi connectivity index (χ3v) is 5.06. The lowest BCUT2D eigenvalue weighted by Gasteiger charge is -2.15. The molecule has 0 atom stereocenters. The van der Waals surface area contributed by atoms with E-state index in [0.29, 0.717) is 22.0 Å². The van der Waals surface area contributed by atoms with Crippen molar-refractivity contribution in [1.29, 1.82) is 0 Å². The number of benzene rings is 3. The molecule has 0 aliphatic rings. The molecule has 0 aliphatic carbocycles. The highest BCUT2D eigenvalue weighted by Gasteiger charge is 2.19. The van der Waals surface area contributed by atoms with Gasteiger partial charge in [0, 0.05) is 27.7 Å². The molecule has 4 rings (SSSR count). The van der Waals surface area contributed by atoms with E-state index < -0.39 is 0 Å². The first kappa shape index (κ1) is 19.0. The summed E-state index contributed by atoms with van der Waals surface area (Å²) in [7, 11) is 1.60. The number of methoxy groups -OCH3 is 1. The van der Waals surface area contributed by atoms with Gasteiger partial charge in [-0.3, -0.25) is 4.79 Å². The van der Waals surface area contributed by atoms with Crippen LogP contribution in [0.2, 0.25) is 5.02 Å². The van der Waals surface area contributed by atoms with Gasteiger partial charge in [0.05, 0.1) is 23.9 Å². The predicted molar refractivity (Wildman–Crippen MR) is 118 cm³/mol. The number of rotatable bonds is 4. The number of nitrogens with one attached hydrogen (secondary N) is 1. The molecule has 0 bridgehead atoms. The van der Waals surface area contributed by atoms with Crippen LogP contribution in [0.4, 0.5) is 5.69 Å². The van der Waals surface area contributed by atoms with Gasteiger partial charge < -0.3 is 10.1 Å². The Morgan fingerprint density at radius 1 is 1.00 bits per heavy atom. The van der Waals surface area contributed by atoms with Gasteiger partial charge in [-0.15, -0.1) is 0 Å². The quantitative estimate of drug-likeness (QED) is 0.447. The Kier molecular flexibility index (Phi) is 5.19. The second-order valence-electron chi connectivity index (χ2n) is 6.67. The maximum absolute atomic E-state index is 13.3. The lowest BCUT2D eigenvalue weighted by Crippen LogP contribution is -2.15. The van der Waals surface area contributed by atoms with Crippen molar-refractivity contribution in [2.24, 2.45) is 0 Å². The maximum atomic E-state index is 13.3. The van der Waals surface area contributed by atoms with E-state index in [2.05, 4.69) is 5.32 Å². The van der Waals surface area contributed by atoms with Crippen molar-refractivity contribution >= 4 is 34.1 Å². The van der Waals surface area contributed by atoms with E-state index in [9.17, 15) is 4.79 Å². The number of aromatic nitrogens is 1. The molecule has 0 saturated heterocycles. The maximum Gasteiger partial charge on any atom is 0.256 e. The molecule has 5 heteroatoms. The molecule has 0 spiro atoms. The molecule has 0 fully saturated rings. The Bertz CT molecular complexity index is 1200. The Hall–Kier alpha value is -3.37. The Balaban J connectivity index is 1.84. The van der Waals surface area contributed by atoms with Crippen molar-refractivity contribution in [1.82, 2.24) is 4.98 Å². The molecule has 29 heavy (non-hydrogen) atoms. The van der Waals surface area contributed by atoms with Gasteiger partial charge in [-0.05, 0) is 42.8 Å². The van der Waals surface area contributed by atoms with Gasteiger partial charge in [-0.1, -0.05) is 48.0 Å². The van der Waals surface area contributed by atoms with Gasteiger partial charge in [-0.25, -0.2) is 4.98 Å². The highest BCUT2D eigenvalue weighted by atomic mass is 35.5. The number of fused-ring (bicyclic) bond motifs is 1. The summed E-state index contributed by atoms with van der Waals surface area (Å²) < 4.78 is 5.25. The predicted octanol–water partition coefficient (Wildman–Crippen LogP) is 6.12. The highest BCUT2D eigenvalue weighted by molar-refractivity contribution is 6.30. The largest absolute Gasteiger partial charge is 0.497 e. The van der Waals surface area contributed by atoms with Crippen LogP contribution in [-0.4, -0.2) is 18.0 Å². The van der Waals surface area contributed by atoms with E-state index in [0.717, 1.165) is 27.7 Å². The summed E-state index contributed by atoms with van der Waals surface area (Å²) in [5.74, 6) is 0.491. The summed E-state index contributed by atoms with van der Waals surface area (Å²) in [6, 6.07) is 22.4. The van der Waals surface area contributed by atoms with Gasteiger partial charge in [0.2, 0.25) is 0 Å². The fourth-order valence-electron chi connectivity index (χ4n) is 3.38. The van der Waals surface area contributed by atoms with Crippen LogP contribution in [-0.2, 0) is 0 Å². The van der Waals surface area contributed by atoms with Gasteiger partial charge in [-0.2, -0.15) is 0 Å². The number of amides is 1. The zero-order valence-corrected chi connectivity index (χ0v) is 16.8. The molecule has 0 unspecified atom stereocenters. The molecule has 4 aromatic rings. The third-order valence-electron chi connectivity index (χ3n) is 4.81. The van der Waals surface area contributed by atoms with Crippen LogP contribution in [0.1, 0.15) is 15.9 Å². The first-order chi connectivity index (χ1) is 14.1. The number of halogens is 1. The van der Waals surface area contributed by atoms with E-state index >= 15 is 0 Å². The first-order valence-electron chi connectivity index (χ1n) is 9.17.